The zero-order valence-electron chi connectivity index (χ0n) is 10.3. The quantitative estimate of drug-likeness (QED) is 0.701. The fourth-order valence-electron chi connectivity index (χ4n) is 1.62. The molecule has 1 aromatic heterocycles. The van der Waals surface area contributed by atoms with Gasteiger partial charge in [0.25, 0.3) is 0 Å². The van der Waals surface area contributed by atoms with E-state index in [9.17, 15) is 0 Å². The topological polar surface area (TPSA) is 22.1 Å². The number of rotatable bonds is 4. The molecule has 1 aromatic carbocycles. The van der Waals surface area contributed by atoms with Gasteiger partial charge in [0.1, 0.15) is 12.4 Å². The van der Waals surface area contributed by atoms with E-state index in [2.05, 4.69) is 20.9 Å². The van der Waals surface area contributed by atoms with Gasteiger partial charge in [0.15, 0.2) is 0 Å². The monoisotopic (exact) mass is 359 g/mol. The van der Waals surface area contributed by atoms with E-state index < -0.39 is 0 Å². The van der Waals surface area contributed by atoms with Crippen molar-refractivity contribution in [1.82, 2.24) is 4.98 Å². The zero-order valence-corrected chi connectivity index (χ0v) is 13.4. The van der Waals surface area contributed by atoms with Gasteiger partial charge in [-0.25, -0.2) is 0 Å². The molecule has 100 valence electrons. The zero-order chi connectivity index (χ0) is 13.8. The first kappa shape index (κ1) is 14.6. The summed E-state index contributed by atoms with van der Waals surface area (Å²) in [7, 11) is 0. The Balaban J connectivity index is 2.14. The highest BCUT2D eigenvalue weighted by Crippen LogP contribution is 2.24. The van der Waals surface area contributed by atoms with E-state index in [-0.39, 0.29) is 0 Å². The van der Waals surface area contributed by atoms with E-state index in [4.69, 9.17) is 27.9 Å². The molecule has 0 unspecified atom stereocenters. The number of hydrogen-bond acceptors (Lipinski definition) is 2. The van der Waals surface area contributed by atoms with Gasteiger partial charge in [-0.1, -0.05) is 45.2 Å². The summed E-state index contributed by atoms with van der Waals surface area (Å²) in [4.78, 5) is 4.41. The van der Waals surface area contributed by atoms with Crippen molar-refractivity contribution in [1.29, 1.82) is 0 Å². The van der Waals surface area contributed by atoms with E-state index in [1.807, 2.05) is 25.1 Å². The van der Waals surface area contributed by atoms with E-state index in [1.165, 1.54) is 0 Å². The Bertz CT molecular complexity index is 590. The highest BCUT2D eigenvalue weighted by Gasteiger charge is 2.07. The van der Waals surface area contributed by atoms with Crippen LogP contribution >= 0.6 is 39.1 Å². The molecule has 0 aliphatic rings. The Hall–Kier alpha value is -0.770. The normalized spacial score (nSPS) is 10.5. The molecule has 0 bridgehead atoms. The first-order chi connectivity index (χ1) is 9.10. The highest BCUT2D eigenvalue weighted by molar-refractivity contribution is 9.08. The molecular weight excluding hydrogens is 349 g/mol. The number of halogens is 3. The lowest BCUT2D eigenvalue weighted by atomic mass is 10.2. The summed E-state index contributed by atoms with van der Waals surface area (Å²) in [5.74, 6) is 0.758. The number of nitrogens with zero attached hydrogens (tertiary/aromatic N) is 1. The molecule has 0 aliphatic carbocycles. The first-order valence-electron chi connectivity index (χ1n) is 5.69. The summed E-state index contributed by atoms with van der Waals surface area (Å²) >= 11 is 15.4. The van der Waals surface area contributed by atoms with Crippen molar-refractivity contribution in [2.24, 2.45) is 0 Å². The third-order valence-electron chi connectivity index (χ3n) is 2.60. The van der Waals surface area contributed by atoms with Gasteiger partial charge in [-0.15, -0.1) is 0 Å². The standard InChI is InChI=1S/C14H12BrCl2NO/c1-9-2-5-14(13(7-15)18-9)19-8-10-3-4-11(16)6-12(10)17/h2-6H,7-8H2,1H3. The van der Waals surface area contributed by atoms with Crippen molar-refractivity contribution in [3.63, 3.8) is 0 Å². The Morgan fingerprint density at radius 1 is 1.21 bits per heavy atom. The second-order valence-electron chi connectivity index (χ2n) is 4.06. The van der Waals surface area contributed by atoms with Gasteiger partial charge in [0.2, 0.25) is 0 Å². The second kappa shape index (κ2) is 6.60. The van der Waals surface area contributed by atoms with Crippen molar-refractivity contribution in [3.05, 3.63) is 57.3 Å². The third-order valence-corrected chi connectivity index (χ3v) is 3.71. The Kier molecular flexibility index (Phi) is 5.08. The Morgan fingerprint density at radius 3 is 2.68 bits per heavy atom. The predicted octanol–water partition coefficient (Wildman–Crippen LogP) is 5.17. The maximum absolute atomic E-state index is 6.11. The molecule has 0 aliphatic heterocycles. The van der Waals surface area contributed by atoms with Crippen LogP contribution < -0.4 is 4.74 Å². The number of alkyl halides is 1. The van der Waals surface area contributed by atoms with Crippen LogP contribution in [0.2, 0.25) is 10.0 Å². The fourth-order valence-corrected chi connectivity index (χ4v) is 2.48. The smallest absolute Gasteiger partial charge is 0.142 e. The molecule has 2 rings (SSSR count). The van der Waals surface area contributed by atoms with Crippen LogP contribution in [0.15, 0.2) is 30.3 Å². The Labute approximate surface area is 130 Å². The number of ether oxygens (including phenoxy) is 1. The molecule has 0 radical (unpaired) electrons. The van der Waals surface area contributed by atoms with E-state index in [0.717, 1.165) is 22.7 Å². The molecule has 0 N–H and O–H groups in total. The van der Waals surface area contributed by atoms with Crippen LogP contribution in [-0.2, 0) is 11.9 Å². The van der Waals surface area contributed by atoms with E-state index in [0.29, 0.717) is 22.0 Å². The summed E-state index contributed by atoms with van der Waals surface area (Å²) in [5.41, 5.74) is 2.74. The number of pyridine rings is 1. The number of hydrogen-bond donors (Lipinski definition) is 0. The lowest BCUT2D eigenvalue weighted by Gasteiger charge is -2.11. The van der Waals surface area contributed by atoms with Crippen LogP contribution in [-0.4, -0.2) is 4.98 Å². The van der Waals surface area contributed by atoms with Gasteiger partial charge in [-0.3, -0.25) is 4.98 Å². The minimum Gasteiger partial charge on any atom is -0.487 e. The van der Waals surface area contributed by atoms with Crippen LogP contribution in [0.1, 0.15) is 17.0 Å². The van der Waals surface area contributed by atoms with Crippen LogP contribution in [0.25, 0.3) is 0 Å². The molecule has 5 heteroatoms. The molecule has 0 spiro atoms. The van der Waals surface area contributed by atoms with Crippen molar-refractivity contribution in [2.45, 2.75) is 18.9 Å². The summed E-state index contributed by atoms with van der Waals surface area (Å²) < 4.78 is 5.77. The number of aryl methyl sites for hydroxylation is 1. The minimum absolute atomic E-state index is 0.390. The molecule has 0 fully saturated rings. The van der Waals surface area contributed by atoms with Crippen LogP contribution in [0.5, 0.6) is 5.75 Å². The maximum Gasteiger partial charge on any atom is 0.142 e. The van der Waals surface area contributed by atoms with Gasteiger partial charge in [-0.2, -0.15) is 0 Å². The van der Waals surface area contributed by atoms with Crippen LogP contribution in [0, 0.1) is 6.92 Å². The van der Waals surface area contributed by atoms with Gasteiger partial charge >= 0.3 is 0 Å². The fraction of sp³-hybridized carbons (Fsp3) is 0.214. The molecule has 2 nitrogen and oxygen atoms in total. The predicted molar refractivity (Wildman–Crippen MR) is 82.4 cm³/mol. The maximum atomic E-state index is 6.11. The van der Waals surface area contributed by atoms with Gasteiger partial charge in [-0.05, 0) is 31.2 Å². The third kappa shape index (κ3) is 3.85. The van der Waals surface area contributed by atoms with Gasteiger partial charge in [0.05, 0.1) is 5.69 Å². The molecule has 2 aromatic rings. The first-order valence-corrected chi connectivity index (χ1v) is 7.57. The highest BCUT2D eigenvalue weighted by atomic mass is 79.9. The van der Waals surface area contributed by atoms with Crippen molar-refractivity contribution < 1.29 is 4.74 Å². The van der Waals surface area contributed by atoms with E-state index >= 15 is 0 Å². The number of benzene rings is 1. The second-order valence-corrected chi connectivity index (χ2v) is 5.46. The van der Waals surface area contributed by atoms with Crippen LogP contribution in [0.3, 0.4) is 0 Å². The lowest BCUT2D eigenvalue weighted by Crippen LogP contribution is -2.00. The van der Waals surface area contributed by atoms with Crippen molar-refractivity contribution in [3.8, 4) is 5.75 Å². The SMILES string of the molecule is Cc1ccc(OCc2ccc(Cl)cc2Cl)c(CBr)n1. The van der Waals surface area contributed by atoms with Gasteiger partial charge in [0, 0.05) is 26.6 Å². The molecular formula is C14H12BrCl2NO. The summed E-state index contributed by atoms with van der Waals surface area (Å²) in [6, 6.07) is 9.21. The minimum atomic E-state index is 0.390. The molecule has 0 saturated carbocycles. The molecule has 0 saturated heterocycles. The van der Waals surface area contributed by atoms with Crippen molar-refractivity contribution in [2.75, 3.05) is 0 Å². The summed E-state index contributed by atoms with van der Waals surface area (Å²) in [6.07, 6.45) is 0. The van der Waals surface area contributed by atoms with Gasteiger partial charge < -0.3 is 4.74 Å². The summed E-state index contributed by atoms with van der Waals surface area (Å²) in [5, 5.41) is 1.87. The average Bonchev–Trinajstić information content (AvgIpc) is 2.39. The van der Waals surface area contributed by atoms with E-state index in [1.54, 1.807) is 12.1 Å². The average molecular weight is 361 g/mol. The number of aromatic nitrogens is 1. The lowest BCUT2D eigenvalue weighted by molar-refractivity contribution is 0.302. The molecule has 19 heavy (non-hydrogen) atoms. The van der Waals surface area contributed by atoms with Crippen LogP contribution in [0.4, 0.5) is 0 Å². The molecule has 1 heterocycles. The molecule has 0 atom stereocenters. The van der Waals surface area contributed by atoms with Crippen molar-refractivity contribution >= 4 is 39.1 Å². The Morgan fingerprint density at radius 2 is 2.00 bits per heavy atom. The molecule has 0 amide bonds. The summed E-state index contributed by atoms with van der Waals surface area (Å²) in [6.45, 7) is 2.34. The largest absolute Gasteiger partial charge is 0.487 e.